The Balaban J connectivity index is 1.26. The number of aryl methyl sites for hydroxylation is 1. The second-order valence-corrected chi connectivity index (χ2v) is 8.27. The number of benzene rings is 1. The van der Waals surface area contributed by atoms with Crippen LogP contribution in [0.4, 0.5) is 0 Å². The highest BCUT2D eigenvalue weighted by Gasteiger charge is 2.44. The highest BCUT2D eigenvalue weighted by atomic mass is 16.5. The number of nitrogens with zero attached hydrogens (tertiary/aromatic N) is 4. The summed E-state index contributed by atoms with van der Waals surface area (Å²) in [4.78, 5) is 14.0. The lowest BCUT2D eigenvalue weighted by Crippen LogP contribution is -2.57. The van der Waals surface area contributed by atoms with E-state index in [0.717, 1.165) is 68.6 Å². The fourth-order valence-electron chi connectivity index (χ4n) is 4.30. The van der Waals surface area contributed by atoms with Gasteiger partial charge in [-0.15, -0.1) is 10.2 Å². The molecule has 5 rings (SSSR count). The number of ether oxygens (including phenoxy) is 1. The van der Waals surface area contributed by atoms with Gasteiger partial charge in [-0.3, -0.25) is 9.47 Å². The van der Waals surface area contributed by atoms with Crippen molar-refractivity contribution in [3.05, 3.63) is 46.1 Å². The minimum Gasteiger partial charge on any atom is -0.424 e. The van der Waals surface area contributed by atoms with E-state index >= 15 is 0 Å². The molecule has 0 saturated carbocycles. The Morgan fingerprint density at radius 3 is 2.75 bits per heavy atom. The maximum atomic E-state index is 11.7. The molecule has 0 bridgehead atoms. The van der Waals surface area contributed by atoms with Crippen molar-refractivity contribution in [1.82, 2.24) is 19.7 Å². The molecule has 0 unspecified atom stereocenters. The van der Waals surface area contributed by atoms with Gasteiger partial charge in [-0.05, 0) is 37.5 Å². The van der Waals surface area contributed by atoms with E-state index < -0.39 is 0 Å². The van der Waals surface area contributed by atoms with Crippen molar-refractivity contribution in [2.45, 2.75) is 37.6 Å². The zero-order chi connectivity index (χ0) is 19.3. The molecule has 3 aromatic rings. The predicted octanol–water partition coefficient (Wildman–Crippen LogP) is 2.18. The molecule has 2 aliphatic heterocycles. The minimum absolute atomic E-state index is 0.108. The lowest BCUT2D eigenvalue weighted by atomic mass is 9.81. The Hall–Kier alpha value is -2.45. The third-order valence-electron chi connectivity index (χ3n) is 5.93. The zero-order valence-electron chi connectivity index (χ0n) is 16.2. The van der Waals surface area contributed by atoms with Crippen molar-refractivity contribution in [2.24, 2.45) is 7.05 Å². The summed E-state index contributed by atoms with van der Waals surface area (Å²) in [7, 11) is 1.73. The monoisotopic (exact) mass is 384 g/mol. The average molecular weight is 384 g/mol. The van der Waals surface area contributed by atoms with Gasteiger partial charge in [0.2, 0.25) is 11.8 Å². The number of likely N-dealkylation sites (tertiary alicyclic amines) is 1. The van der Waals surface area contributed by atoms with Crippen LogP contribution in [0.2, 0.25) is 0 Å². The molecule has 0 radical (unpaired) electrons. The third kappa shape index (κ3) is 2.97. The van der Waals surface area contributed by atoms with Crippen LogP contribution >= 0.6 is 0 Å². The van der Waals surface area contributed by atoms with Gasteiger partial charge < -0.3 is 13.6 Å². The normalized spacial score (nSPS) is 20.5. The second-order valence-electron chi connectivity index (χ2n) is 8.27. The predicted molar refractivity (Wildman–Crippen MR) is 101 cm³/mol. The first-order valence-corrected chi connectivity index (χ1v) is 9.74. The van der Waals surface area contributed by atoms with Gasteiger partial charge in [-0.2, -0.15) is 0 Å². The van der Waals surface area contributed by atoms with Crippen molar-refractivity contribution in [3.8, 4) is 0 Å². The van der Waals surface area contributed by atoms with Crippen LogP contribution in [0.1, 0.15) is 43.0 Å². The molecule has 2 aromatic heterocycles. The second kappa shape index (κ2) is 6.56. The molecule has 28 heavy (non-hydrogen) atoms. The van der Waals surface area contributed by atoms with Gasteiger partial charge in [0.05, 0.1) is 10.9 Å². The average Bonchev–Trinajstić information content (AvgIpc) is 3.28. The van der Waals surface area contributed by atoms with Crippen LogP contribution in [0.3, 0.4) is 0 Å². The van der Waals surface area contributed by atoms with Crippen LogP contribution in [0.15, 0.2) is 31.8 Å². The van der Waals surface area contributed by atoms with Gasteiger partial charge in [0.1, 0.15) is 0 Å². The molecule has 2 fully saturated rings. The van der Waals surface area contributed by atoms with Crippen LogP contribution in [0.5, 0.6) is 0 Å². The topological polar surface area (TPSA) is 86.5 Å². The van der Waals surface area contributed by atoms with Crippen molar-refractivity contribution < 1.29 is 13.6 Å². The first-order valence-electron chi connectivity index (χ1n) is 9.74. The van der Waals surface area contributed by atoms with Crippen LogP contribution in [0, 0.1) is 0 Å². The highest BCUT2D eigenvalue weighted by Crippen LogP contribution is 2.36. The molecule has 2 saturated heterocycles. The van der Waals surface area contributed by atoms with Crippen LogP contribution in [-0.2, 0) is 23.7 Å². The Morgan fingerprint density at radius 1 is 1.18 bits per heavy atom. The molecule has 8 nitrogen and oxygen atoms in total. The van der Waals surface area contributed by atoms with Crippen LogP contribution in [0.25, 0.3) is 11.1 Å². The van der Waals surface area contributed by atoms with E-state index in [1.54, 1.807) is 7.05 Å². The van der Waals surface area contributed by atoms with Crippen LogP contribution in [-0.4, -0.2) is 46.0 Å². The van der Waals surface area contributed by atoms with Gasteiger partial charge in [0.25, 0.3) is 0 Å². The summed E-state index contributed by atoms with van der Waals surface area (Å²) in [6.07, 6.45) is 1.90. The van der Waals surface area contributed by atoms with Crippen LogP contribution < -0.4 is 5.76 Å². The third-order valence-corrected chi connectivity index (χ3v) is 5.93. The number of rotatable bonds is 4. The number of fused-ring (bicyclic) bond motifs is 1. The van der Waals surface area contributed by atoms with Crippen molar-refractivity contribution in [1.29, 1.82) is 0 Å². The van der Waals surface area contributed by atoms with E-state index in [1.807, 2.05) is 18.2 Å². The molecule has 2 aliphatic rings. The van der Waals surface area contributed by atoms with Gasteiger partial charge in [0.15, 0.2) is 5.58 Å². The molecule has 0 aliphatic carbocycles. The molecule has 148 valence electrons. The van der Waals surface area contributed by atoms with Gasteiger partial charge in [0, 0.05) is 45.8 Å². The smallest absolute Gasteiger partial charge is 0.419 e. The lowest BCUT2D eigenvalue weighted by molar-refractivity contribution is 0.0474. The van der Waals surface area contributed by atoms with Gasteiger partial charge in [-0.1, -0.05) is 6.07 Å². The maximum absolute atomic E-state index is 11.7. The number of hydrogen-bond acceptors (Lipinski definition) is 7. The lowest BCUT2D eigenvalue weighted by Gasteiger charge is -2.45. The highest BCUT2D eigenvalue weighted by molar-refractivity contribution is 5.73. The molecule has 8 heteroatoms. The Bertz CT molecular complexity index is 1050. The van der Waals surface area contributed by atoms with Crippen molar-refractivity contribution in [3.63, 3.8) is 0 Å². The van der Waals surface area contributed by atoms with E-state index in [2.05, 4.69) is 22.0 Å². The van der Waals surface area contributed by atoms with Crippen molar-refractivity contribution >= 4 is 11.1 Å². The zero-order valence-corrected chi connectivity index (χ0v) is 16.2. The largest absolute Gasteiger partial charge is 0.424 e. The number of hydrogen-bond donors (Lipinski definition) is 0. The van der Waals surface area contributed by atoms with E-state index in [1.165, 1.54) is 4.57 Å². The fraction of sp³-hybridized carbons (Fsp3) is 0.550. The summed E-state index contributed by atoms with van der Waals surface area (Å²) >= 11 is 0. The summed E-state index contributed by atoms with van der Waals surface area (Å²) in [5, 5.41) is 8.66. The summed E-state index contributed by atoms with van der Waals surface area (Å²) in [6.45, 7) is 6.25. The SMILES string of the molecule is Cn1c(=O)oc2ccc(CN3CC(C)(c4nnc(C5CCOCC5)o4)C3)cc21. The minimum atomic E-state index is -0.333. The van der Waals surface area contributed by atoms with E-state index in [-0.39, 0.29) is 11.2 Å². The first-order chi connectivity index (χ1) is 13.5. The standard InChI is InChI=1S/C20H24N4O4/c1-20(18-22-21-17(28-18)14-5-7-26-8-6-14)11-24(12-20)10-13-3-4-16-15(9-13)23(2)19(25)27-16/h3-4,9,14H,5-8,10-12H2,1-2H3. The summed E-state index contributed by atoms with van der Waals surface area (Å²) in [5.74, 6) is 1.48. The molecule has 0 atom stereocenters. The maximum Gasteiger partial charge on any atom is 0.419 e. The number of oxazole rings is 1. The molecule has 0 N–H and O–H groups in total. The fourth-order valence-corrected chi connectivity index (χ4v) is 4.30. The van der Waals surface area contributed by atoms with Gasteiger partial charge >= 0.3 is 5.76 Å². The first kappa shape index (κ1) is 17.6. The molecule has 0 amide bonds. The van der Waals surface area contributed by atoms with E-state index in [0.29, 0.717) is 11.5 Å². The molecular formula is C20H24N4O4. The summed E-state index contributed by atoms with van der Waals surface area (Å²) < 4.78 is 18.2. The number of aromatic nitrogens is 3. The van der Waals surface area contributed by atoms with Crippen molar-refractivity contribution in [2.75, 3.05) is 26.3 Å². The molecular weight excluding hydrogens is 360 g/mol. The Kier molecular flexibility index (Phi) is 4.13. The molecule has 1 aromatic carbocycles. The van der Waals surface area contributed by atoms with Gasteiger partial charge in [-0.25, -0.2) is 4.79 Å². The summed E-state index contributed by atoms with van der Waals surface area (Å²) in [6, 6.07) is 5.89. The Morgan fingerprint density at radius 2 is 1.96 bits per heavy atom. The molecule has 0 spiro atoms. The Labute approximate surface area is 162 Å². The molecule has 4 heterocycles. The van der Waals surface area contributed by atoms with E-state index in [4.69, 9.17) is 13.6 Å². The summed E-state index contributed by atoms with van der Waals surface area (Å²) in [5.41, 5.74) is 2.49. The van der Waals surface area contributed by atoms with E-state index in [9.17, 15) is 4.79 Å². The quantitative estimate of drug-likeness (QED) is 0.681.